The number of benzene rings is 1. The molecule has 0 aromatic heterocycles. The summed E-state index contributed by atoms with van der Waals surface area (Å²) in [5.41, 5.74) is 4.92. The molecule has 0 fully saturated rings. The van der Waals surface area contributed by atoms with Crippen LogP contribution >= 0.6 is 11.6 Å². The van der Waals surface area contributed by atoms with Crippen LogP contribution in [-0.4, -0.2) is 32.7 Å². The van der Waals surface area contributed by atoms with Crippen LogP contribution in [0.4, 0.5) is 0 Å². The summed E-state index contributed by atoms with van der Waals surface area (Å²) in [4.78, 5) is 22.3. The maximum atomic E-state index is 11.7. The predicted octanol–water partition coefficient (Wildman–Crippen LogP) is 0.774. The van der Waals surface area contributed by atoms with Crippen LogP contribution in [0.2, 0.25) is 5.02 Å². The minimum absolute atomic E-state index is 0.00185. The van der Waals surface area contributed by atoms with Gasteiger partial charge in [-0.3, -0.25) is 4.79 Å². The largest absolute Gasteiger partial charge is 0.449 e. The molecular formula is C11H12ClNO5S. The Hall–Kier alpha value is -1.60. The number of carbonyl (C=O) groups is 2. The van der Waals surface area contributed by atoms with E-state index in [-0.39, 0.29) is 15.5 Å². The van der Waals surface area contributed by atoms with Crippen molar-refractivity contribution in [2.45, 2.75) is 17.9 Å². The van der Waals surface area contributed by atoms with E-state index in [1.54, 1.807) is 0 Å². The molecule has 1 rings (SSSR count). The Labute approximate surface area is 115 Å². The summed E-state index contributed by atoms with van der Waals surface area (Å²) in [5.74, 6) is -1.65. The average molecular weight is 306 g/mol. The summed E-state index contributed by atoms with van der Waals surface area (Å²) >= 11 is 5.74. The van der Waals surface area contributed by atoms with E-state index < -0.39 is 27.8 Å². The average Bonchev–Trinajstić information content (AvgIpc) is 2.27. The van der Waals surface area contributed by atoms with Crippen molar-refractivity contribution in [3.05, 3.63) is 28.8 Å². The summed E-state index contributed by atoms with van der Waals surface area (Å²) in [6.07, 6.45) is -0.139. The Morgan fingerprint density at radius 1 is 1.37 bits per heavy atom. The van der Waals surface area contributed by atoms with Crippen molar-refractivity contribution >= 4 is 33.3 Å². The standard InChI is InChI=1S/C11H12ClNO5S/c1-6(10(13)14)18-11(15)7-3-4-8(12)9(5-7)19(2,16)17/h3-6H,1-2H3,(H2,13,14)/t6-/m0/s1. The van der Waals surface area contributed by atoms with E-state index in [9.17, 15) is 18.0 Å². The fourth-order valence-electron chi connectivity index (χ4n) is 1.20. The first-order valence-corrected chi connectivity index (χ1v) is 7.39. The van der Waals surface area contributed by atoms with Gasteiger partial charge in [-0.25, -0.2) is 13.2 Å². The molecule has 2 N–H and O–H groups in total. The third-order valence-electron chi connectivity index (χ3n) is 2.25. The van der Waals surface area contributed by atoms with Crippen LogP contribution in [0, 0.1) is 0 Å². The minimum Gasteiger partial charge on any atom is -0.449 e. The van der Waals surface area contributed by atoms with Crippen molar-refractivity contribution < 1.29 is 22.7 Å². The summed E-state index contributed by atoms with van der Waals surface area (Å²) in [6.45, 7) is 1.31. The number of esters is 1. The second-order valence-electron chi connectivity index (χ2n) is 3.87. The zero-order chi connectivity index (χ0) is 14.8. The van der Waals surface area contributed by atoms with Crippen LogP contribution < -0.4 is 5.73 Å². The Balaban J connectivity index is 3.10. The molecule has 0 bridgehead atoms. The molecule has 0 aliphatic rings. The monoisotopic (exact) mass is 305 g/mol. The molecule has 19 heavy (non-hydrogen) atoms. The van der Waals surface area contributed by atoms with E-state index in [2.05, 4.69) is 0 Å². The van der Waals surface area contributed by atoms with Crippen LogP contribution in [0.15, 0.2) is 23.1 Å². The van der Waals surface area contributed by atoms with E-state index in [1.165, 1.54) is 19.1 Å². The molecule has 104 valence electrons. The highest BCUT2D eigenvalue weighted by atomic mass is 35.5. The van der Waals surface area contributed by atoms with Crippen LogP contribution in [0.1, 0.15) is 17.3 Å². The van der Waals surface area contributed by atoms with Gasteiger partial charge in [-0.1, -0.05) is 11.6 Å². The molecule has 8 heteroatoms. The molecule has 0 saturated heterocycles. The number of rotatable bonds is 4. The summed E-state index contributed by atoms with van der Waals surface area (Å²) < 4.78 is 27.7. The van der Waals surface area contributed by atoms with Gasteiger partial charge in [-0.15, -0.1) is 0 Å². The van der Waals surface area contributed by atoms with E-state index in [1.807, 2.05) is 0 Å². The van der Waals surface area contributed by atoms with E-state index in [0.29, 0.717) is 0 Å². The fourth-order valence-corrected chi connectivity index (χ4v) is 2.50. The zero-order valence-corrected chi connectivity index (χ0v) is 11.8. The number of halogens is 1. The summed E-state index contributed by atoms with van der Waals surface area (Å²) in [7, 11) is -3.57. The molecule has 1 amide bonds. The Kier molecular flexibility index (Phi) is 4.54. The lowest BCUT2D eigenvalue weighted by Gasteiger charge is -2.10. The van der Waals surface area contributed by atoms with Crippen molar-refractivity contribution in [2.24, 2.45) is 5.73 Å². The minimum atomic E-state index is -3.57. The highest BCUT2D eigenvalue weighted by Gasteiger charge is 2.19. The lowest BCUT2D eigenvalue weighted by Crippen LogP contribution is -2.30. The topological polar surface area (TPSA) is 104 Å². The van der Waals surface area contributed by atoms with E-state index in [4.69, 9.17) is 22.1 Å². The van der Waals surface area contributed by atoms with Gasteiger partial charge in [0, 0.05) is 6.26 Å². The van der Waals surface area contributed by atoms with Gasteiger partial charge in [0.2, 0.25) is 0 Å². The Bertz CT molecular complexity index is 626. The first-order chi connectivity index (χ1) is 8.62. The highest BCUT2D eigenvalue weighted by Crippen LogP contribution is 2.23. The number of carbonyl (C=O) groups excluding carboxylic acids is 2. The molecule has 6 nitrogen and oxygen atoms in total. The molecule has 0 unspecified atom stereocenters. The number of ether oxygens (including phenoxy) is 1. The number of hydrogen-bond donors (Lipinski definition) is 1. The van der Waals surface area contributed by atoms with Crippen LogP contribution in [-0.2, 0) is 19.4 Å². The number of amides is 1. The number of primary amides is 1. The molecule has 0 aliphatic carbocycles. The molecule has 0 heterocycles. The van der Waals surface area contributed by atoms with Crippen molar-refractivity contribution in [1.82, 2.24) is 0 Å². The molecular weight excluding hydrogens is 294 g/mol. The maximum Gasteiger partial charge on any atom is 0.338 e. The van der Waals surface area contributed by atoms with Gasteiger partial charge in [-0.2, -0.15) is 0 Å². The van der Waals surface area contributed by atoms with Crippen molar-refractivity contribution in [1.29, 1.82) is 0 Å². The van der Waals surface area contributed by atoms with Crippen LogP contribution in [0.3, 0.4) is 0 Å². The van der Waals surface area contributed by atoms with Gasteiger partial charge in [0.25, 0.3) is 5.91 Å². The first-order valence-electron chi connectivity index (χ1n) is 5.13. The zero-order valence-electron chi connectivity index (χ0n) is 10.2. The lowest BCUT2D eigenvalue weighted by molar-refractivity contribution is -0.125. The molecule has 1 atom stereocenters. The highest BCUT2D eigenvalue weighted by molar-refractivity contribution is 7.90. The van der Waals surface area contributed by atoms with Crippen molar-refractivity contribution in [3.63, 3.8) is 0 Å². The quantitative estimate of drug-likeness (QED) is 0.828. The normalized spacial score (nSPS) is 12.8. The van der Waals surface area contributed by atoms with Crippen LogP contribution in [0.25, 0.3) is 0 Å². The van der Waals surface area contributed by atoms with Crippen LogP contribution in [0.5, 0.6) is 0 Å². The Morgan fingerprint density at radius 2 is 1.95 bits per heavy atom. The van der Waals surface area contributed by atoms with Gasteiger partial charge in [0.05, 0.1) is 15.5 Å². The van der Waals surface area contributed by atoms with E-state index >= 15 is 0 Å². The van der Waals surface area contributed by atoms with E-state index in [0.717, 1.165) is 12.3 Å². The fraction of sp³-hybridized carbons (Fsp3) is 0.273. The molecule has 0 spiro atoms. The molecule has 1 aromatic carbocycles. The SMILES string of the molecule is C[C@H](OC(=O)c1ccc(Cl)c(S(C)(=O)=O)c1)C(N)=O. The summed E-state index contributed by atoms with van der Waals surface area (Å²) in [6, 6.07) is 3.66. The van der Waals surface area contributed by atoms with Gasteiger partial charge in [0.15, 0.2) is 15.9 Å². The predicted molar refractivity (Wildman–Crippen MR) is 68.6 cm³/mol. The van der Waals surface area contributed by atoms with Gasteiger partial charge in [-0.05, 0) is 25.1 Å². The molecule has 0 saturated carbocycles. The second kappa shape index (κ2) is 5.58. The first kappa shape index (κ1) is 15.5. The van der Waals surface area contributed by atoms with Gasteiger partial charge in [0.1, 0.15) is 0 Å². The molecule has 1 aromatic rings. The third-order valence-corrected chi connectivity index (χ3v) is 3.83. The second-order valence-corrected chi connectivity index (χ2v) is 6.26. The maximum absolute atomic E-state index is 11.7. The third kappa shape index (κ3) is 3.93. The number of nitrogens with two attached hydrogens (primary N) is 1. The van der Waals surface area contributed by atoms with Gasteiger partial charge < -0.3 is 10.5 Å². The van der Waals surface area contributed by atoms with Gasteiger partial charge >= 0.3 is 5.97 Å². The lowest BCUT2D eigenvalue weighted by atomic mass is 10.2. The smallest absolute Gasteiger partial charge is 0.338 e. The number of hydrogen-bond acceptors (Lipinski definition) is 5. The Morgan fingerprint density at radius 3 is 2.42 bits per heavy atom. The number of sulfone groups is 1. The van der Waals surface area contributed by atoms with Crippen molar-refractivity contribution in [2.75, 3.05) is 6.26 Å². The summed E-state index contributed by atoms with van der Waals surface area (Å²) in [5, 5.41) is 0.00185. The molecule has 0 radical (unpaired) electrons. The van der Waals surface area contributed by atoms with Crippen molar-refractivity contribution in [3.8, 4) is 0 Å². The molecule has 0 aliphatic heterocycles.